The molecule has 0 fully saturated rings. The fourth-order valence-corrected chi connectivity index (χ4v) is 1.18. The predicted molar refractivity (Wildman–Crippen MR) is 51.9 cm³/mol. The van der Waals surface area contributed by atoms with Crippen LogP contribution in [0.25, 0.3) is 0 Å². The maximum absolute atomic E-state index is 9.95. The number of aliphatic hydroxyl groups is 3. The molecule has 0 aromatic heterocycles. The average Bonchev–Trinajstić information content (AvgIpc) is 2.23. The summed E-state index contributed by atoms with van der Waals surface area (Å²) in [5.74, 6) is 0. The molecule has 0 aromatic rings. The van der Waals surface area contributed by atoms with Crippen LogP contribution in [-0.2, 0) is 0 Å². The molecule has 6 nitrogen and oxygen atoms in total. The molecule has 0 aliphatic rings. The molecule has 3 N–H and O–H groups in total. The SMILES string of the molecule is CC(CO)(CO)N(CCO)CCN=O. The van der Waals surface area contributed by atoms with Crippen molar-refractivity contribution < 1.29 is 15.3 Å². The summed E-state index contributed by atoms with van der Waals surface area (Å²) in [5.41, 5.74) is -0.812. The molecule has 0 radical (unpaired) electrons. The third-order valence-electron chi connectivity index (χ3n) is 2.28. The van der Waals surface area contributed by atoms with Gasteiger partial charge in [-0.15, -0.1) is 0 Å². The smallest absolute Gasteiger partial charge is 0.0938 e. The molecular weight excluding hydrogens is 188 g/mol. The Hall–Kier alpha value is -0.560. The topological polar surface area (TPSA) is 93.4 Å². The zero-order chi connectivity index (χ0) is 11.0. The van der Waals surface area contributed by atoms with Crippen LogP contribution in [0.15, 0.2) is 5.18 Å². The first-order valence-corrected chi connectivity index (χ1v) is 4.51. The largest absolute Gasteiger partial charge is 0.395 e. The third-order valence-corrected chi connectivity index (χ3v) is 2.28. The summed E-state index contributed by atoms with van der Waals surface area (Å²) in [7, 11) is 0. The summed E-state index contributed by atoms with van der Waals surface area (Å²) >= 11 is 0. The molecule has 14 heavy (non-hydrogen) atoms. The molecule has 0 saturated carbocycles. The van der Waals surface area contributed by atoms with E-state index in [0.29, 0.717) is 13.1 Å². The van der Waals surface area contributed by atoms with Crippen LogP contribution >= 0.6 is 0 Å². The van der Waals surface area contributed by atoms with Crippen molar-refractivity contribution in [2.75, 3.05) is 39.5 Å². The summed E-state index contributed by atoms with van der Waals surface area (Å²) in [4.78, 5) is 11.6. The van der Waals surface area contributed by atoms with Crippen molar-refractivity contribution in [2.45, 2.75) is 12.5 Å². The van der Waals surface area contributed by atoms with E-state index in [-0.39, 0.29) is 26.4 Å². The minimum atomic E-state index is -0.812. The average molecular weight is 206 g/mol. The summed E-state index contributed by atoms with van der Waals surface area (Å²) in [6, 6.07) is 0. The first-order chi connectivity index (χ1) is 6.64. The van der Waals surface area contributed by atoms with E-state index in [1.807, 2.05) is 0 Å². The van der Waals surface area contributed by atoms with E-state index in [2.05, 4.69) is 5.18 Å². The van der Waals surface area contributed by atoms with E-state index in [1.165, 1.54) is 0 Å². The monoisotopic (exact) mass is 206 g/mol. The molecule has 0 unspecified atom stereocenters. The number of nitrogens with zero attached hydrogens (tertiary/aromatic N) is 2. The van der Waals surface area contributed by atoms with Crippen LogP contribution in [0.2, 0.25) is 0 Å². The Balaban J connectivity index is 4.34. The van der Waals surface area contributed by atoms with Gasteiger partial charge in [-0.1, -0.05) is 5.18 Å². The molecule has 6 heteroatoms. The molecule has 0 amide bonds. The van der Waals surface area contributed by atoms with Crippen LogP contribution < -0.4 is 0 Å². The van der Waals surface area contributed by atoms with Crippen LogP contribution in [0.5, 0.6) is 0 Å². The lowest BCUT2D eigenvalue weighted by atomic mass is 10.0. The van der Waals surface area contributed by atoms with E-state index >= 15 is 0 Å². The fraction of sp³-hybridized carbons (Fsp3) is 1.00. The number of rotatable bonds is 8. The predicted octanol–water partition coefficient (Wildman–Crippen LogP) is -1.21. The number of β-amino-alcohol motifs (C(OH)–C–C–N with tert-alkyl or cyclic N) is 1. The van der Waals surface area contributed by atoms with Gasteiger partial charge in [0.15, 0.2) is 0 Å². The second-order valence-corrected chi connectivity index (χ2v) is 3.38. The van der Waals surface area contributed by atoms with E-state index in [0.717, 1.165) is 0 Å². The van der Waals surface area contributed by atoms with E-state index < -0.39 is 5.54 Å². The Morgan fingerprint density at radius 1 is 1.21 bits per heavy atom. The Bertz CT molecular complexity index is 161. The molecule has 0 atom stereocenters. The van der Waals surface area contributed by atoms with E-state index in [1.54, 1.807) is 11.8 Å². The number of hydrogen-bond donors (Lipinski definition) is 3. The highest BCUT2D eigenvalue weighted by molar-refractivity contribution is 4.85. The van der Waals surface area contributed by atoms with Crippen molar-refractivity contribution in [3.8, 4) is 0 Å². The van der Waals surface area contributed by atoms with Crippen molar-refractivity contribution in [1.29, 1.82) is 0 Å². The van der Waals surface area contributed by atoms with Crippen LogP contribution in [0.1, 0.15) is 6.92 Å². The molecule has 0 aliphatic heterocycles. The number of aliphatic hydroxyl groups excluding tert-OH is 3. The molecule has 84 valence electrons. The van der Waals surface area contributed by atoms with Crippen molar-refractivity contribution >= 4 is 0 Å². The molecule has 0 aromatic carbocycles. The van der Waals surface area contributed by atoms with Crippen LogP contribution in [0.4, 0.5) is 0 Å². The van der Waals surface area contributed by atoms with Crippen molar-refractivity contribution in [3.05, 3.63) is 4.91 Å². The van der Waals surface area contributed by atoms with Gasteiger partial charge in [0.1, 0.15) is 0 Å². The van der Waals surface area contributed by atoms with Gasteiger partial charge in [0.2, 0.25) is 0 Å². The summed E-state index contributed by atoms with van der Waals surface area (Å²) < 4.78 is 0. The fourth-order valence-electron chi connectivity index (χ4n) is 1.18. The number of hydrogen-bond acceptors (Lipinski definition) is 6. The molecule has 0 rings (SSSR count). The van der Waals surface area contributed by atoms with Gasteiger partial charge in [-0.2, -0.15) is 4.91 Å². The maximum atomic E-state index is 9.95. The second kappa shape index (κ2) is 6.83. The van der Waals surface area contributed by atoms with Crippen molar-refractivity contribution in [3.63, 3.8) is 0 Å². The highest BCUT2D eigenvalue weighted by atomic mass is 16.3. The molecule has 0 spiro atoms. The van der Waals surface area contributed by atoms with E-state index in [4.69, 9.17) is 15.3 Å². The van der Waals surface area contributed by atoms with Crippen LogP contribution in [0.3, 0.4) is 0 Å². The summed E-state index contributed by atoms with van der Waals surface area (Å²) in [5, 5.41) is 29.7. The molecule has 0 heterocycles. The Morgan fingerprint density at radius 2 is 1.79 bits per heavy atom. The Kier molecular flexibility index (Phi) is 6.56. The van der Waals surface area contributed by atoms with Crippen LogP contribution in [0, 0.1) is 4.91 Å². The normalized spacial score (nSPS) is 12.1. The van der Waals surface area contributed by atoms with Gasteiger partial charge in [0.25, 0.3) is 0 Å². The lowest BCUT2D eigenvalue weighted by molar-refractivity contribution is -0.00672. The number of nitroso groups, excluding NO2 is 1. The standard InChI is InChI=1S/C8H18N2O4/c1-8(6-12,7-13)10(4-5-11)3-2-9-14/h11-13H,2-7H2,1H3. The first-order valence-electron chi connectivity index (χ1n) is 4.51. The minimum absolute atomic E-state index is 0.0790. The summed E-state index contributed by atoms with van der Waals surface area (Å²) in [6.45, 7) is 1.80. The molecule has 0 bridgehead atoms. The first kappa shape index (κ1) is 13.4. The van der Waals surface area contributed by atoms with E-state index in [9.17, 15) is 4.91 Å². The Morgan fingerprint density at radius 3 is 2.14 bits per heavy atom. The van der Waals surface area contributed by atoms with Crippen molar-refractivity contribution in [1.82, 2.24) is 4.90 Å². The highest BCUT2D eigenvalue weighted by Gasteiger charge is 2.29. The zero-order valence-electron chi connectivity index (χ0n) is 8.39. The molecule has 0 saturated heterocycles. The second-order valence-electron chi connectivity index (χ2n) is 3.38. The van der Waals surface area contributed by atoms with Gasteiger partial charge in [-0.25, -0.2) is 0 Å². The molecular formula is C8H18N2O4. The maximum Gasteiger partial charge on any atom is 0.0938 e. The van der Waals surface area contributed by atoms with Gasteiger partial charge in [-0.3, -0.25) is 4.90 Å². The van der Waals surface area contributed by atoms with Gasteiger partial charge in [0, 0.05) is 13.1 Å². The highest BCUT2D eigenvalue weighted by Crippen LogP contribution is 2.12. The lowest BCUT2D eigenvalue weighted by Crippen LogP contribution is -2.54. The lowest BCUT2D eigenvalue weighted by Gasteiger charge is -2.37. The van der Waals surface area contributed by atoms with Crippen molar-refractivity contribution in [2.24, 2.45) is 5.18 Å². The minimum Gasteiger partial charge on any atom is -0.395 e. The van der Waals surface area contributed by atoms with Gasteiger partial charge in [-0.05, 0) is 6.92 Å². The zero-order valence-corrected chi connectivity index (χ0v) is 8.39. The third kappa shape index (κ3) is 3.67. The van der Waals surface area contributed by atoms with Gasteiger partial charge < -0.3 is 15.3 Å². The molecule has 0 aliphatic carbocycles. The van der Waals surface area contributed by atoms with Gasteiger partial charge in [0.05, 0.1) is 31.9 Å². The quantitative estimate of drug-likeness (QED) is 0.433. The van der Waals surface area contributed by atoms with Gasteiger partial charge >= 0.3 is 0 Å². The Labute approximate surface area is 83.1 Å². The van der Waals surface area contributed by atoms with Crippen LogP contribution in [-0.4, -0.2) is 65.2 Å². The summed E-state index contributed by atoms with van der Waals surface area (Å²) in [6.07, 6.45) is 0.